The van der Waals surface area contributed by atoms with Gasteiger partial charge in [-0.25, -0.2) is 0 Å². The number of fused-ring (bicyclic) bond motifs is 1. The van der Waals surface area contributed by atoms with Crippen molar-refractivity contribution in [2.24, 2.45) is 0 Å². The molecular weight excluding hydrogens is 364 g/mol. The maximum absolute atomic E-state index is 12.5. The molecule has 2 amide bonds. The molecule has 0 N–H and O–H groups in total. The van der Waals surface area contributed by atoms with Gasteiger partial charge in [0.1, 0.15) is 6.54 Å². The van der Waals surface area contributed by atoms with E-state index < -0.39 is 17.1 Å². The molecule has 0 atom stereocenters. The van der Waals surface area contributed by atoms with Gasteiger partial charge in [-0.1, -0.05) is 12.1 Å². The summed E-state index contributed by atoms with van der Waals surface area (Å²) >= 11 is 0.833. The number of nitrogens with zero attached hydrogens (tertiary/aromatic N) is 2. The number of likely N-dealkylation sites (N-methyl/N-ethyl adjacent to an activating group) is 1. The second-order valence-corrected chi connectivity index (χ2v) is 8.15. The fraction of sp³-hybridized carbons (Fsp3) is 0.350. The number of allylic oxidation sites excluding steroid dienone is 1. The van der Waals surface area contributed by atoms with Crippen LogP contribution in [0.1, 0.15) is 31.9 Å². The zero-order valence-corrected chi connectivity index (χ0v) is 16.8. The Balaban J connectivity index is 1.91. The molecule has 142 valence electrons. The number of ether oxygens (including phenoxy) is 1. The van der Waals surface area contributed by atoms with Crippen molar-refractivity contribution in [2.45, 2.75) is 26.3 Å². The van der Waals surface area contributed by atoms with Crippen LogP contribution in [0.2, 0.25) is 0 Å². The molecule has 1 aromatic rings. The van der Waals surface area contributed by atoms with E-state index in [4.69, 9.17) is 0 Å². The van der Waals surface area contributed by atoms with Gasteiger partial charge in [0, 0.05) is 18.3 Å². The van der Waals surface area contributed by atoms with E-state index in [1.807, 2.05) is 18.2 Å². The molecule has 0 saturated carbocycles. The molecule has 0 bridgehead atoms. The molecule has 0 aliphatic carbocycles. The van der Waals surface area contributed by atoms with Crippen LogP contribution in [-0.2, 0) is 14.3 Å². The van der Waals surface area contributed by atoms with E-state index in [-0.39, 0.29) is 12.1 Å². The minimum absolute atomic E-state index is 0.0743. The number of carbonyl (C=O) groups is 3. The van der Waals surface area contributed by atoms with Gasteiger partial charge in [-0.05, 0) is 61.9 Å². The van der Waals surface area contributed by atoms with E-state index in [0.29, 0.717) is 4.91 Å². The number of benzene rings is 1. The zero-order valence-electron chi connectivity index (χ0n) is 16.0. The molecule has 1 aromatic carbocycles. The van der Waals surface area contributed by atoms with Gasteiger partial charge >= 0.3 is 5.97 Å². The minimum Gasteiger partial charge on any atom is -0.468 e. The SMILES string of the molecule is COC(=O)CN1C(=O)S/C(=C/c2ccc3c(c2)C(C)=CC(C)(C)N3C)C1=O. The molecule has 27 heavy (non-hydrogen) atoms. The van der Waals surface area contributed by atoms with Crippen molar-refractivity contribution in [1.29, 1.82) is 0 Å². The van der Waals surface area contributed by atoms with Gasteiger partial charge in [-0.3, -0.25) is 19.3 Å². The third-order valence-corrected chi connectivity index (χ3v) is 5.83. The van der Waals surface area contributed by atoms with Crippen LogP contribution >= 0.6 is 11.8 Å². The van der Waals surface area contributed by atoms with E-state index in [2.05, 4.69) is 43.5 Å². The van der Waals surface area contributed by atoms with Gasteiger partial charge in [0.2, 0.25) is 0 Å². The number of imide groups is 1. The van der Waals surface area contributed by atoms with Crippen LogP contribution < -0.4 is 4.90 Å². The Morgan fingerprint density at radius 3 is 2.67 bits per heavy atom. The number of methoxy groups -OCH3 is 1. The number of carbonyl (C=O) groups excluding carboxylic acids is 3. The van der Waals surface area contributed by atoms with Crippen molar-refractivity contribution in [3.63, 3.8) is 0 Å². The lowest BCUT2D eigenvalue weighted by atomic mass is 9.88. The number of hydrogen-bond acceptors (Lipinski definition) is 6. The monoisotopic (exact) mass is 386 g/mol. The van der Waals surface area contributed by atoms with Gasteiger partial charge in [0.25, 0.3) is 11.1 Å². The molecule has 1 fully saturated rings. The summed E-state index contributed by atoms with van der Waals surface area (Å²) in [5, 5.41) is -0.466. The van der Waals surface area contributed by atoms with Crippen LogP contribution in [0.25, 0.3) is 11.6 Å². The van der Waals surface area contributed by atoms with Crippen molar-refractivity contribution in [3.05, 3.63) is 40.3 Å². The molecule has 2 aliphatic heterocycles. The van der Waals surface area contributed by atoms with E-state index in [0.717, 1.165) is 33.5 Å². The summed E-state index contributed by atoms with van der Waals surface area (Å²) in [5.41, 5.74) is 4.14. The normalized spacial score (nSPS) is 20.0. The Labute approximate surface area is 162 Å². The summed E-state index contributed by atoms with van der Waals surface area (Å²) in [6.45, 7) is 6.02. The maximum atomic E-state index is 12.5. The molecule has 1 saturated heterocycles. The fourth-order valence-electron chi connectivity index (χ4n) is 3.25. The van der Waals surface area contributed by atoms with Crippen LogP contribution in [0.4, 0.5) is 10.5 Å². The smallest absolute Gasteiger partial charge is 0.325 e. The lowest BCUT2D eigenvalue weighted by molar-refractivity contribution is -0.143. The highest BCUT2D eigenvalue weighted by Gasteiger charge is 2.36. The number of anilines is 1. The van der Waals surface area contributed by atoms with Gasteiger partial charge in [0.15, 0.2) is 0 Å². The van der Waals surface area contributed by atoms with Crippen LogP contribution in [0.15, 0.2) is 29.2 Å². The largest absolute Gasteiger partial charge is 0.468 e. The summed E-state index contributed by atoms with van der Waals surface area (Å²) in [4.78, 5) is 39.3. The molecule has 0 spiro atoms. The number of amides is 2. The fourth-order valence-corrected chi connectivity index (χ4v) is 4.09. The lowest BCUT2D eigenvalue weighted by Gasteiger charge is -2.40. The van der Waals surface area contributed by atoms with E-state index >= 15 is 0 Å². The summed E-state index contributed by atoms with van der Waals surface area (Å²) in [7, 11) is 3.28. The average Bonchev–Trinajstić information content (AvgIpc) is 2.87. The van der Waals surface area contributed by atoms with Crippen molar-refractivity contribution in [1.82, 2.24) is 4.90 Å². The van der Waals surface area contributed by atoms with Gasteiger partial charge in [-0.15, -0.1) is 0 Å². The lowest BCUT2D eigenvalue weighted by Crippen LogP contribution is -2.42. The first-order valence-corrected chi connectivity index (χ1v) is 9.35. The first-order chi connectivity index (χ1) is 12.6. The highest BCUT2D eigenvalue weighted by molar-refractivity contribution is 8.18. The molecule has 3 rings (SSSR count). The quantitative estimate of drug-likeness (QED) is 0.585. The van der Waals surface area contributed by atoms with Gasteiger partial charge in [0.05, 0.1) is 17.6 Å². The van der Waals surface area contributed by atoms with E-state index in [1.165, 1.54) is 12.7 Å². The third kappa shape index (κ3) is 3.51. The predicted octanol–water partition coefficient (Wildman–Crippen LogP) is 3.53. The predicted molar refractivity (Wildman–Crippen MR) is 107 cm³/mol. The van der Waals surface area contributed by atoms with E-state index in [9.17, 15) is 14.4 Å². The van der Waals surface area contributed by atoms with Crippen molar-refractivity contribution < 1.29 is 19.1 Å². The molecule has 0 unspecified atom stereocenters. The van der Waals surface area contributed by atoms with Crippen molar-refractivity contribution in [2.75, 3.05) is 25.6 Å². The summed E-state index contributed by atoms with van der Waals surface area (Å²) in [5.74, 6) is -1.10. The minimum atomic E-state index is -0.626. The second-order valence-electron chi connectivity index (χ2n) is 7.16. The number of thioether (sulfide) groups is 1. The van der Waals surface area contributed by atoms with Gasteiger partial charge in [-0.2, -0.15) is 0 Å². The molecule has 6 nitrogen and oxygen atoms in total. The highest BCUT2D eigenvalue weighted by Crippen LogP contribution is 2.39. The zero-order chi connectivity index (χ0) is 19.9. The van der Waals surface area contributed by atoms with Crippen LogP contribution in [0.5, 0.6) is 0 Å². The topological polar surface area (TPSA) is 66.9 Å². The second kappa shape index (κ2) is 6.88. The molecule has 7 heteroatoms. The Kier molecular flexibility index (Phi) is 4.90. The highest BCUT2D eigenvalue weighted by atomic mass is 32.2. The molecule has 0 radical (unpaired) electrons. The molecule has 2 heterocycles. The van der Waals surface area contributed by atoms with Crippen LogP contribution in [0.3, 0.4) is 0 Å². The average molecular weight is 386 g/mol. The molecular formula is C20H22N2O4S. The first kappa shape index (κ1) is 19.2. The first-order valence-electron chi connectivity index (χ1n) is 8.54. The maximum Gasteiger partial charge on any atom is 0.325 e. The van der Waals surface area contributed by atoms with Crippen LogP contribution in [0, 0.1) is 0 Å². The van der Waals surface area contributed by atoms with Crippen molar-refractivity contribution in [3.8, 4) is 0 Å². The standard InChI is InChI=1S/C20H22N2O4S/c1-12-10-20(2,3)21(4)15-7-6-13(8-14(12)15)9-16-18(24)22(19(25)27-16)11-17(23)26-5/h6-10H,11H2,1-5H3/b16-9+. The Morgan fingerprint density at radius 2 is 2.00 bits per heavy atom. The summed E-state index contributed by atoms with van der Waals surface area (Å²) in [6.07, 6.45) is 3.90. The van der Waals surface area contributed by atoms with E-state index in [1.54, 1.807) is 6.08 Å². The Bertz CT molecular complexity index is 901. The Hall–Kier alpha value is -2.54. The molecule has 2 aliphatic rings. The number of esters is 1. The Morgan fingerprint density at radius 1 is 1.30 bits per heavy atom. The van der Waals surface area contributed by atoms with Gasteiger partial charge < -0.3 is 9.64 Å². The van der Waals surface area contributed by atoms with Crippen molar-refractivity contribution >= 4 is 46.2 Å². The number of hydrogen-bond donors (Lipinski definition) is 0. The third-order valence-electron chi connectivity index (χ3n) is 4.93. The summed E-state index contributed by atoms with van der Waals surface area (Å²) in [6, 6.07) is 5.97. The number of rotatable bonds is 3. The van der Waals surface area contributed by atoms with Crippen LogP contribution in [-0.4, -0.2) is 48.3 Å². The molecule has 0 aromatic heterocycles. The summed E-state index contributed by atoms with van der Waals surface area (Å²) < 4.78 is 4.54.